The van der Waals surface area contributed by atoms with E-state index in [9.17, 15) is 27.2 Å². The fourth-order valence-corrected chi connectivity index (χ4v) is 6.72. The van der Waals surface area contributed by atoms with Crippen molar-refractivity contribution in [3.63, 3.8) is 0 Å². The molecule has 4 nitrogen and oxygen atoms in total. The summed E-state index contributed by atoms with van der Waals surface area (Å²) >= 11 is 0. The molecule has 2 unspecified atom stereocenters. The maximum Gasteiger partial charge on any atom is 0.419 e. The van der Waals surface area contributed by atoms with Crippen molar-refractivity contribution in [3.05, 3.63) is 94.8 Å². The Labute approximate surface area is 223 Å². The molecule has 2 fully saturated rings. The molecule has 39 heavy (non-hydrogen) atoms. The lowest BCUT2D eigenvalue weighted by Crippen LogP contribution is -2.56. The van der Waals surface area contributed by atoms with Crippen LogP contribution >= 0.6 is 0 Å². The largest absolute Gasteiger partial charge is 0.448 e. The van der Waals surface area contributed by atoms with E-state index in [1.807, 2.05) is 36.4 Å². The monoisotopic (exact) mass is 537 g/mol. The van der Waals surface area contributed by atoms with Crippen molar-refractivity contribution in [1.29, 1.82) is 0 Å². The van der Waals surface area contributed by atoms with E-state index >= 15 is 0 Å². The van der Waals surface area contributed by atoms with Gasteiger partial charge in [-0.05, 0) is 66.5 Å². The quantitative estimate of drug-likeness (QED) is 0.254. The number of halogens is 4. The third kappa shape index (κ3) is 4.49. The highest BCUT2D eigenvalue weighted by molar-refractivity contribution is 5.98. The molecular weight excluding hydrogens is 510 g/mol. The van der Waals surface area contributed by atoms with Crippen LogP contribution in [0.15, 0.2) is 66.7 Å². The molecule has 0 radical (unpaired) electrons. The number of fused-ring (bicyclic) bond motifs is 5. The fourth-order valence-electron chi connectivity index (χ4n) is 6.72. The summed E-state index contributed by atoms with van der Waals surface area (Å²) in [5.41, 5.74) is 2.50. The highest BCUT2D eigenvalue weighted by atomic mass is 19.4. The molecule has 2 atom stereocenters. The lowest BCUT2D eigenvalue weighted by atomic mass is 9.75. The number of hydrogen-bond donors (Lipinski definition) is 0. The van der Waals surface area contributed by atoms with Crippen molar-refractivity contribution in [2.75, 3.05) is 6.61 Å². The van der Waals surface area contributed by atoms with Crippen LogP contribution in [0.25, 0.3) is 11.1 Å². The van der Waals surface area contributed by atoms with Gasteiger partial charge in [0.25, 0.3) is 0 Å². The van der Waals surface area contributed by atoms with Crippen LogP contribution < -0.4 is 0 Å². The number of alkyl halides is 3. The zero-order chi connectivity index (χ0) is 27.3. The van der Waals surface area contributed by atoms with Crippen LogP contribution in [0.5, 0.6) is 0 Å². The van der Waals surface area contributed by atoms with Crippen LogP contribution in [0.3, 0.4) is 0 Å². The molecule has 1 aliphatic carbocycles. The van der Waals surface area contributed by atoms with E-state index in [1.54, 1.807) is 4.90 Å². The molecule has 6 rings (SSSR count). The number of benzene rings is 3. The molecule has 202 valence electrons. The number of piperidine rings is 2. The van der Waals surface area contributed by atoms with Crippen molar-refractivity contribution < 1.29 is 31.9 Å². The molecule has 0 saturated carbocycles. The maximum atomic E-state index is 14.7. The Balaban J connectivity index is 1.17. The Kier molecular flexibility index (Phi) is 6.44. The van der Waals surface area contributed by atoms with Gasteiger partial charge in [-0.2, -0.15) is 13.2 Å². The van der Waals surface area contributed by atoms with E-state index in [2.05, 4.69) is 12.1 Å². The highest BCUT2D eigenvalue weighted by Gasteiger charge is 2.45. The average Bonchev–Trinajstić information content (AvgIpc) is 3.23. The zero-order valence-corrected chi connectivity index (χ0v) is 21.1. The third-order valence-electron chi connectivity index (χ3n) is 8.46. The first-order chi connectivity index (χ1) is 18.7. The average molecular weight is 538 g/mol. The van der Waals surface area contributed by atoms with Crippen LogP contribution in [0.4, 0.5) is 22.4 Å². The summed E-state index contributed by atoms with van der Waals surface area (Å²) in [6.45, 7) is 0.181. The van der Waals surface area contributed by atoms with Gasteiger partial charge in [0.1, 0.15) is 12.4 Å². The van der Waals surface area contributed by atoms with E-state index in [0.717, 1.165) is 40.8 Å². The van der Waals surface area contributed by atoms with Gasteiger partial charge < -0.3 is 9.64 Å². The number of carbonyl (C=O) groups excluding carboxylic acids is 2. The lowest BCUT2D eigenvalue weighted by molar-refractivity contribution is -0.140. The summed E-state index contributed by atoms with van der Waals surface area (Å²) in [6, 6.07) is 18.4. The minimum Gasteiger partial charge on any atom is -0.448 e. The first kappa shape index (κ1) is 25.6. The summed E-state index contributed by atoms with van der Waals surface area (Å²) in [6.07, 6.45) is -2.58. The SMILES string of the molecule is O=C(c1cccc(C(F)(F)F)c1F)C1CC2CCCC(C1)N2C(=O)OCC1c2ccccc2-c2ccccc21. The predicted octanol–water partition coefficient (Wildman–Crippen LogP) is 7.61. The molecule has 3 aromatic rings. The highest BCUT2D eigenvalue weighted by Crippen LogP contribution is 2.45. The maximum absolute atomic E-state index is 14.7. The van der Waals surface area contributed by atoms with Crippen LogP contribution in [-0.2, 0) is 10.9 Å². The second-order valence-electron chi connectivity index (χ2n) is 10.6. The molecule has 2 bridgehead atoms. The molecular formula is C31H27F4NO3. The molecule has 2 saturated heterocycles. The van der Waals surface area contributed by atoms with E-state index in [4.69, 9.17) is 4.74 Å². The summed E-state index contributed by atoms with van der Waals surface area (Å²) in [4.78, 5) is 28.3. The van der Waals surface area contributed by atoms with Gasteiger partial charge in [0.15, 0.2) is 5.78 Å². The van der Waals surface area contributed by atoms with Crippen LogP contribution in [0.2, 0.25) is 0 Å². The number of ether oxygens (including phenoxy) is 1. The summed E-state index contributed by atoms with van der Waals surface area (Å²) < 4.78 is 60.2. The first-order valence-electron chi connectivity index (χ1n) is 13.3. The Morgan fingerprint density at radius 3 is 2.03 bits per heavy atom. The number of amides is 1. The van der Waals surface area contributed by atoms with E-state index < -0.39 is 40.9 Å². The number of ketones is 1. The molecule has 2 heterocycles. The molecule has 0 aromatic heterocycles. The Bertz CT molecular complexity index is 1380. The van der Waals surface area contributed by atoms with Crippen LogP contribution in [-0.4, -0.2) is 35.5 Å². The van der Waals surface area contributed by atoms with Gasteiger partial charge in [0, 0.05) is 23.9 Å². The van der Waals surface area contributed by atoms with E-state index in [0.29, 0.717) is 18.9 Å². The Morgan fingerprint density at radius 2 is 1.44 bits per heavy atom. The van der Waals surface area contributed by atoms with Gasteiger partial charge in [-0.3, -0.25) is 4.79 Å². The van der Waals surface area contributed by atoms with Gasteiger partial charge in [0.05, 0.1) is 11.1 Å². The molecule has 3 aliphatic rings. The number of rotatable bonds is 4. The van der Waals surface area contributed by atoms with Crippen molar-refractivity contribution in [3.8, 4) is 11.1 Å². The van der Waals surface area contributed by atoms with Crippen molar-refractivity contribution in [2.24, 2.45) is 5.92 Å². The number of carbonyl (C=O) groups is 2. The molecule has 0 spiro atoms. The second-order valence-corrected chi connectivity index (χ2v) is 10.6. The van der Waals surface area contributed by atoms with Gasteiger partial charge in [-0.15, -0.1) is 0 Å². The van der Waals surface area contributed by atoms with Crippen molar-refractivity contribution in [2.45, 2.75) is 56.3 Å². The van der Waals surface area contributed by atoms with Gasteiger partial charge in [-0.1, -0.05) is 54.6 Å². The fraction of sp³-hybridized carbons (Fsp3) is 0.355. The Hall–Kier alpha value is -3.68. The summed E-state index contributed by atoms with van der Waals surface area (Å²) in [5, 5.41) is 0. The third-order valence-corrected chi connectivity index (χ3v) is 8.46. The molecule has 1 amide bonds. The minimum absolute atomic E-state index is 0.0795. The van der Waals surface area contributed by atoms with Gasteiger partial charge in [0.2, 0.25) is 0 Å². The van der Waals surface area contributed by atoms with Crippen molar-refractivity contribution in [1.82, 2.24) is 4.90 Å². The standard InChI is InChI=1S/C31H27F4NO3/c32-28-25(13-6-14-27(28)31(33,34)35)29(37)18-15-19-7-5-8-20(16-18)36(19)30(38)39-17-26-23-11-3-1-9-21(23)22-10-2-4-12-24(22)26/h1-4,6,9-14,18-20,26H,5,7-8,15-17H2. The molecule has 3 aromatic carbocycles. The first-order valence-corrected chi connectivity index (χ1v) is 13.3. The molecule has 0 N–H and O–H groups in total. The lowest BCUT2D eigenvalue weighted by Gasteiger charge is -2.47. The molecule has 8 heteroatoms. The van der Waals surface area contributed by atoms with E-state index in [1.165, 1.54) is 0 Å². The number of Topliss-reactive ketones (excluding diaryl/α,β-unsaturated/α-hetero) is 1. The minimum atomic E-state index is -4.88. The van der Waals surface area contributed by atoms with Gasteiger partial charge in [-0.25, -0.2) is 9.18 Å². The topological polar surface area (TPSA) is 46.6 Å². The van der Waals surface area contributed by atoms with Crippen molar-refractivity contribution >= 4 is 11.9 Å². The molecule has 2 aliphatic heterocycles. The predicted molar refractivity (Wildman–Crippen MR) is 137 cm³/mol. The Morgan fingerprint density at radius 1 is 0.846 bits per heavy atom. The smallest absolute Gasteiger partial charge is 0.419 e. The van der Waals surface area contributed by atoms with Crippen LogP contribution in [0, 0.1) is 11.7 Å². The summed E-state index contributed by atoms with van der Waals surface area (Å²) in [5.74, 6) is -2.90. The van der Waals surface area contributed by atoms with Gasteiger partial charge >= 0.3 is 12.3 Å². The van der Waals surface area contributed by atoms with Crippen LogP contribution in [0.1, 0.15) is 65.1 Å². The normalized spacial score (nSPS) is 22.3. The number of hydrogen-bond acceptors (Lipinski definition) is 3. The van der Waals surface area contributed by atoms with E-state index in [-0.39, 0.29) is 37.5 Å². The zero-order valence-electron chi connectivity index (χ0n) is 21.1. The second kappa shape index (κ2) is 9.81. The number of nitrogens with zero attached hydrogens (tertiary/aromatic N) is 1. The summed E-state index contributed by atoms with van der Waals surface area (Å²) in [7, 11) is 0.